The number of aliphatic hydroxyl groups is 2. The zero-order chi connectivity index (χ0) is 49.3. The number of nitrogens with one attached hydrogen (secondary N) is 1. The first-order valence-corrected chi connectivity index (χ1v) is 31.3. The van der Waals surface area contributed by atoms with Crippen LogP contribution < -0.4 is 5.32 Å². The minimum absolute atomic E-state index is 0.0177. The maximum absolute atomic E-state index is 12.5. The van der Waals surface area contributed by atoms with E-state index in [1.54, 1.807) is 0 Å². The van der Waals surface area contributed by atoms with Crippen LogP contribution in [0.3, 0.4) is 0 Å². The van der Waals surface area contributed by atoms with Crippen molar-refractivity contribution >= 4 is 11.9 Å². The van der Waals surface area contributed by atoms with Gasteiger partial charge in [-0.3, -0.25) is 9.59 Å². The normalized spacial score (nSPS) is 12.5. The van der Waals surface area contributed by atoms with Gasteiger partial charge >= 0.3 is 5.97 Å². The van der Waals surface area contributed by atoms with Gasteiger partial charge in [0, 0.05) is 12.8 Å². The van der Waals surface area contributed by atoms with Crippen molar-refractivity contribution in [3.8, 4) is 0 Å². The summed E-state index contributed by atoms with van der Waals surface area (Å²) in [7, 11) is 0. The Morgan fingerprint density at radius 2 is 0.603 bits per heavy atom. The van der Waals surface area contributed by atoms with E-state index in [0.29, 0.717) is 25.9 Å². The van der Waals surface area contributed by atoms with E-state index in [2.05, 4.69) is 19.2 Å². The second-order valence-corrected chi connectivity index (χ2v) is 21.8. The third-order valence-corrected chi connectivity index (χ3v) is 14.9. The molecule has 0 spiro atoms. The van der Waals surface area contributed by atoms with E-state index in [1.807, 2.05) is 0 Å². The summed E-state index contributed by atoms with van der Waals surface area (Å²) in [4.78, 5) is 24.5. The lowest BCUT2D eigenvalue weighted by Gasteiger charge is -2.22. The molecule has 0 rings (SSSR count). The van der Waals surface area contributed by atoms with Crippen LogP contribution in [0.4, 0.5) is 0 Å². The highest BCUT2D eigenvalue weighted by Crippen LogP contribution is 2.19. The van der Waals surface area contributed by atoms with Crippen molar-refractivity contribution in [2.45, 2.75) is 373 Å². The molecule has 0 aromatic carbocycles. The molecule has 6 nitrogen and oxygen atoms in total. The van der Waals surface area contributed by atoms with Crippen molar-refractivity contribution in [1.29, 1.82) is 0 Å². The fourth-order valence-electron chi connectivity index (χ4n) is 10.1. The first-order valence-electron chi connectivity index (χ1n) is 31.3. The Morgan fingerprint density at radius 1 is 0.353 bits per heavy atom. The highest BCUT2D eigenvalue weighted by Gasteiger charge is 2.20. The van der Waals surface area contributed by atoms with E-state index >= 15 is 0 Å². The molecule has 3 N–H and O–H groups in total. The van der Waals surface area contributed by atoms with Gasteiger partial charge in [-0.15, -0.1) is 0 Å². The Balaban J connectivity index is 3.34. The first kappa shape index (κ1) is 66.9. The number of esters is 1. The molecule has 0 saturated carbocycles. The molecule has 0 saturated heterocycles. The Hall–Kier alpha value is -1.14. The maximum Gasteiger partial charge on any atom is 0.305 e. The lowest BCUT2D eigenvalue weighted by molar-refractivity contribution is -0.143. The summed E-state index contributed by atoms with van der Waals surface area (Å²) in [5.74, 6) is -0.0140. The highest BCUT2D eigenvalue weighted by molar-refractivity contribution is 5.76. The molecule has 68 heavy (non-hydrogen) atoms. The zero-order valence-electron chi connectivity index (χ0n) is 46.4. The molecule has 0 aromatic heterocycles. The van der Waals surface area contributed by atoms with Crippen LogP contribution in [0.25, 0.3) is 0 Å². The van der Waals surface area contributed by atoms with Gasteiger partial charge in [0.1, 0.15) is 0 Å². The van der Waals surface area contributed by atoms with Crippen LogP contribution in [0.1, 0.15) is 361 Å². The Kier molecular flexibility index (Phi) is 57.5. The van der Waals surface area contributed by atoms with Crippen LogP contribution in [0.5, 0.6) is 0 Å². The number of unbranched alkanes of at least 4 members (excludes halogenated alkanes) is 48. The summed E-state index contributed by atoms with van der Waals surface area (Å²) in [6.07, 6.45) is 68.3. The second-order valence-electron chi connectivity index (χ2n) is 21.8. The van der Waals surface area contributed by atoms with Crippen LogP contribution in [-0.4, -0.2) is 47.4 Å². The van der Waals surface area contributed by atoms with E-state index in [1.165, 1.54) is 289 Å². The molecule has 1 amide bonds. The first-order chi connectivity index (χ1) is 33.5. The fraction of sp³-hybridized carbons (Fsp3) is 0.968. The van der Waals surface area contributed by atoms with Crippen LogP contribution >= 0.6 is 0 Å². The lowest BCUT2D eigenvalue weighted by atomic mass is 10.0. The average Bonchev–Trinajstić information content (AvgIpc) is 3.34. The average molecular weight is 963 g/mol. The van der Waals surface area contributed by atoms with Crippen molar-refractivity contribution in [3.63, 3.8) is 0 Å². The standard InChI is InChI=1S/C62H123NO5/c1-3-5-7-9-11-13-15-17-30-34-38-42-46-50-54-60(65)59(58-64)63-61(66)55-51-47-43-39-35-31-28-26-24-22-20-19-21-23-25-27-29-33-37-41-45-49-53-57-68-62(67)56-52-48-44-40-36-32-18-16-14-12-10-8-6-4-2/h59-60,64-65H,3-58H2,1-2H3,(H,63,66). The van der Waals surface area contributed by atoms with E-state index in [-0.39, 0.29) is 18.5 Å². The lowest BCUT2D eigenvalue weighted by Crippen LogP contribution is -2.45. The third kappa shape index (κ3) is 54.2. The summed E-state index contributed by atoms with van der Waals surface area (Å²) in [5, 5.41) is 23.3. The van der Waals surface area contributed by atoms with Gasteiger partial charge in [-0.25, -0.2) is 0 Å². The molecule has 0 aromatic rings. The third-order valence-electron chi connectivity index (χ3n) is 14.9. The summed E-state index contributed by atoms with van der Waals surface area (Å²) >= 11 is 0. The molecule has 6 heteroatoms. The molecule has 0 aliphatic heterocycles. The van der Waals surface area contributed by atoms with Gasteiger partial charge in [-0.05, 0) is 25.7 Å². The fourth-order valence-corrected chi connectivity index (χ4v) is 10.1. The predicted octanol–water partition coefficient (Wildman–Crippen LogP) is 19.5. The molecule has 0 aliphatic carbocycles. The number of hydrogen-bond donors (Lipinski definition) is 3. The quantitative estimate of drug-likeness (QED) is 0.0417. The Labute approximate surface area is 426 Å². The van der Waals surface area contributed by atoms with Gasteiger partial charge in [-0.2, -0.15) is 0 Å². The van der Waals surface area contributed by atoms with Crippen molar-refractivity contribution in [3.05, 3.63) is 0 Å². The van der Waals surface area contributed by atoms with E-state index in [4.69, 9.17) is 4.74 Å². The predicted molar refractivity (Wildman–Crippen MR) is 297 cm³/mol. The van der Waals surface area contributed by atoms with Crippen molar-refractivity contribution in [1.82, 2.24) is 5.32 Å². The SMILES string of the molecule is CCCCCCCCCCCCCCCCC(=O)OCCCCCCCCCCCCCCCCCCCCCCCCCC(=O)NC(CO)C(O)CCCCCCCCCCCCCCCC. The summed E-state index contributed by atoms with van der Waals surface area (Å²) < 4.78 is 5.49. The maximum atomic E-state index is 12.5. The summed E-state index contributed by atoms with van der Waals surface area (Å²) in [5.41, 5.74) is 0. The molecule has 0 aliphatic rings. The van der Waals surface area contributed by atoms with E-state index in [9.17, 15) is 19.8 Å². The zero-order valence-corrected chi connectivity index (χ0v) is 46.4. The number of amides is 1. The second kappa shape index (κ2) is 58.4. The van der Waals surface area contributed by atoms with E-state index < -0.39 is 12.1 Å². The number of aliphatic hydroxyl groups excluding tert-OH is 2. The minimum Gasteiger partial charge on any atom is -0.466 e. The molecule has 0 heterocycles. The minimum atomic E-state index is -0.662. The van der Waals surface area contributed by atoms with Crippen LogP contribution in [-0.2, 0) is 14.3 Å². The van der Waals surface area contributed by atoms with Gasteiger partial charge in [0.25, 0.3) is 0 Å². The Morgan fingerprint density at radius 3 is 0.897 bits per heavy atom. The molecule has 406 valence electrons. The van der Waals surface area contributed by atoms with Crippen molar-refractivity contribution in [2.24, 2.45) is 0 Å². The summed E-state index contributed by atoms with van der Waals surface area (Å²) in [6.45, 7) is 4.98. The number of carbonyl (C=O) groups is 2. The monoisotopic (exact) mass is 962 g/mol. The van der Waals surface area contributed by atoms with Gasteiger partial charge in [0.2, 0.25) is 5.91 Å². The molecule has 0 fully saturated rings. The molecule has 0 bridgehead atoms. The largest absolute Gasteiger partial charge is 0.466 e. The molecule has 2 unspecified atom stereocenters. The molecular weight excluding hydrogens is 839 g/mol. The van der Waals surface area contributed by atoms with Gasteiger partial charge in [0.15, 0.2) is 0 Å². The Bertz CT molecular complexity index is 975. The molecule has 0 radical (unpaired) electrons. The number of rotatable bonds is 59. The van der Waals surface area contributed by atoms with Crippen molar-refractivity contribution in [2.75, 3.05) is 13.2 Å². The van der Waals surface area contributed by atoms with Gasteiger partial charge in [0.05, 0.1) is 25.4 Å². The topological polar surface area (TPSA) is 95.9 Å². The number of hydrogen-bond acceptors (Lipinski definition) is 5. The van der Waals surface area contributed by atoms with E-state index in [0.717, 1.165) is 38.5 Å². The molecule has 2 atom stereocenters. The summed E-state index contributed by atoms with van der Waals surface area (Å²) in [6, 6.07) is -0.539. The van der Waals surface area contributed by atoms with Crippen LogP contribution in [0, 0.1) is 0 Å². The van der Waals surface area contributed by atoms with Crippen LogP contribution in [0.15, 0.2) is 0 Å². The number of carbonyl (C=O) groups excluding carboxylic acids is 2. The molecular formula is C62H123NO5. The highest BCUT2D eigenvalue weighted by atomic mass is 16.5. The van der Waals surface area contributed by atoms with Gasteiger partial charge in [-0.1, -0.05) is 322 Å². The van der Waals surface area contributed by atoms with Crippen LogP contribution in [0.2, 0.25) is 0 Å². The van der Waals surface area contributed by atoms with Gasteiger partial charge < -0.3 is 20.3 Å². The number of ether oxygens (including phenoxy) is 1. The van der Waals surface area contributed by atoms with Crippen molar-refractivity contribution < 1.29 is 24.5 Å². The smallest absolute Gasteiger partial charge is 0.305 e.